The third kappa shape index (κ3) is 2.21. The Morgan fingerprint density at radius 2 is 2.05 bits per heavy atom. The van der Waals surface area contributed by atoms with Gasteiger partial charge >= 0.3 is 0 Å². The molecule has 21 heavy (non-hydrogen) atoms. The van der Waals surface area contributed by atoms with Crippen LogP contribution < -0.4 is 0 Å². The van der Waals surface area contributed by atoms with Gasteiger partial charge in [-0.05, 0) is 36.2 Å². The van der Waals surface area contributed by atoms with E-state index in [-0.39, 0.29) is 12.4 Å². The second-order valence-corrected chi connectivity index (χ2v) is 5.07. The second kappa shape index (κ2) is 5.30. The molecule has 3 aromatic rings. The van der Waals surface area contributed by atoms with Gasteiger partial charge in [0.05, 0.1) is 23.3 Å². The lowest BCUT2D eigenvalue weighted by Gasteiger charge is -2.14. The number of hydrogen-bond donors (Lipinski definition) is 1. The molecule has 0 fully saturated rings. The quantitative estimate of drug-likeness (QED) is 0.799. The van der Waals surface area contributed by atoms with Crippen LogP contribution in [0.2, 0.25) is 0 Å². The largest absolute Gasteiger partial charge is 0.392 e. The maximum Gasteiger partial charge on any atom is 0.125 e. The first kappa shape index (κ1) is 13.8. The third-order valence-electron chi connectivity index (χ3n) is 3.83. The van der Waals surface area contributed by atoms with Gasteiger partial charge in [0.15, 0.2) is 0 Å². The number of aryl methyl sites for hydroxylation is 1. The zero-order chi connectivity index (χ0) is 15.0. The van der Waals surface area contributed by atoms with Crippen molar-refractivity contribution in [1.82, 2.24) is 9.55 Å². The molecule has 3 nitrogen and oxygen atoms in total. The van der Waals surface area contributed by atoms with E-state index >= 15 is 0 Å². The summed E-state index contributed by atoms with van der Waals surface area (Å²) in [4.78, 5) is 4.58. The minimum Gasteiger partial charge on any atom is -0.392 e. The number of fused-ring (bicyclic) bond motifs is 1. The Kier molecular flexibility index (Phi) is 3.47. The number of aliphatic hydroxyl groups is 1. The number of rotatable bonds is 3. The summed E-state index contributed by atoms with van der Waals surface area (Å²) in [7, 11) is 0. The summed E-state index contributed by atoms with van der Waals surface area (Å²) in [5, 5.41) is 9.44. The fraction of sp³-hybridized carbons (Fsp3) is 0.235. The van der Waals surface area contributed by atoms with E-state index in [9.17, 15) is 9.50 Å². The van der Waals surface area contributed by atoms with Gasteiger partial charge in [0.1, 0.15) is 11.6 Å². The van der Waals surface area contributed by atoms with Crippen LogP contribution in [0, 0.1) is 12.7 Å². The summed E-state index contributed by atoms with van der Waals surface area (Å²) in [6, 6.07) is 10.4. The molecule has 0 amide bonds. The molecule has 0 saturated heterocycles. The van der Waals surface area contributed by atoms with Crippen molar-refractivity contribution in [2.75, 3.05) is 0 Å². The van der Waals surface area contributed by atoms with Crippen molar-refractivity contribution in [3.05, 3.63) is 59.2 Å². The first-order valence-corrected chi connectivity index (χ1v) is 7.02. The molecular formula is C17H17FN2O. The second-order valence-electron chi connectivity index (χ2n) is 5.07. The van der Waals surface area contributed by atoms with Gasteiger partial charge in [-0.1, -0.05) is 19.1 Å². The van der Waals surface area contributed by atoms with Gasteiger partial charge in [-0.2, -0.15) is 0 Å². The molecule has 1 heterocycles. The number of hydrogen-bond acceptors (Lipinski definition) is 2. The van der Waals surface area contributed by atoms with Crippen molar-refractivity contribution >= 4 is 11.0 Å². The summed E-state index contributed by atoms with van der Waals surface area (Å²) < 4.78 is 15.6. The van der Waals surface area contributed by atoms with Gasteiger partial charge in [0, 0.05) is 12.5 Å². The highest BCUT2D eigenvalue weighted by molar-refractivity contribution is 5.79. The molecule has 4 heteroatoms. The minimum atomic E-state index is -0.276. The minimum absolute atomic E-state index is 0.0118. The lowest BCUT2D eigenvalue weighted by atomic mass is 10.1. The standard InChI is InChI=1S/C17H17FN2O/c1-3-17-19-14-8-7-13(18)9-16(14)20(17)15-6-4-5-12(10-21)11(15)2/h4-9,21H,3,10H2,1-2H3. The molecule has 0 spiro atoms. The van der Waals surface area contributed by atoms with Gasteiger partial charge in [-0.25, -0.2) is 9.37 Å². The Morgan fingerprint density at radius 3 is 2.76 bits per heavy atom. The molecule has 3 rings (SSSR count). The molecule has 2 aromatic carbocycles. The summed E-state index contributed by atoms with van der Waals surface area (Å²) in [6.45, 7) is 3.98. The van der Waals surface area contributed by atoms with Gasteiger partial charge in [0.25, 0.3) is 0 Å². The molecule has 1 N–H and O–H groups in total. The van der Waals surface area contributed by atoms with Crippen LogP contribution in [-0.4, -0.2) is 14.7 Å². The molecule has 0 aliphatic rings. The molecule has 0 aliphatic carbocycles. The first-order valence-electron chi connectivity index (χ1n) is 7.02. The molecule has 0 saturated carbocycles. The fourth-order valence-corrected chi connectivity index (χ4v) is 2.69. The topological polar surface area (TPSA) is 38.0 Å². The van der Waals surface area contributed by atoms with Crippen molar-refractivity contribution in [3.63, 3.8) is 0 Å². The van der Waals surface area contributed by atoms with E-state index in [4.69, 9.17) is 0 Å². The van der Waals surface area contributed by atoms with Crippen LogP contribution in [0.5, 0.6) is 0 Å². The molecule has 1 aromatic heterocycles. The lowest BCUT2D eigenvalue weighted by Crippen LogP contribution is -2.04. The van der Waals surface area contributed by atoms with Gasteiger partial charge in [-0.15, -0.1) is 0 Å². The number of halogens is 1. The first-order chi connectivity index (χ1) is 10.2. The van der Waals surface area contributed by atoms with Crippen LogP contribution in [0.25, 0.3) is 16.7 Å². The van der Waals surface area contributed by atoms with Gasteiger partial charge < -0.3 is 5.11 Å². The molecule has 0 radical (unpaired) electrons. The Bertz CT molecular complexity index is 808. The fourth-order valence-electron chi connectivity index (χ4n) is 2.69. The Labute approximate surface area is 122 Å². The summed E-state index contributed by atoms with van der Waals surface area (Å²) >= 11 is 0. The average molecular weight is 284 g/mol. The number of aromatic nitrogens is 2. The van der Waals surface area contributed by atoms with Crippen molar-refractivity contribution in [2.45, 2.75) is 26.9 Å². The molecule has 0 aliphatic heterocycles. The van der Waals surface area contributed by atoms with E-state index in [1.807, 2.05) is 36.6 Å². The van der Waals surface area contributed by atoms with Crippen LogP contribution in [0.1, 0.15) is 23.9 Å². The van der Waals surface area contributed by atoms with E-state index in [1.54, 1.807) is 6.07 Å². The Morgan fingerprint density at radius 1 is 1.24 bits per heavy atom. The van der Waals surface area contributed by atoms with Crippen molar-refractivity contribution in [2.24, 2.45) is 0 Å². The summed E-state index contributed by atoms with van der Waals surface area (Å²) in [6.07, 6.45) is 0.749. The normalized spacial score (nSPS) is 11.2. The predicted octanol–water partition coefficient (Wildman–Crippen LogP) is 3.53. The van der Waals surface area contributed by atoms with Gasteiger partial charge in [-0.3, -0.25) is 4.57 Å². The van der Waals surface area contributed by atoms with Gasteiger partial charge in [0.2, 0.25) is 0 Å². The lowest BCUT2D eigenvalue weighted by molar-refractivity contribution is 0.281. The molecule has 0 unspecified atom stereocenters. The zero-order valence-corrected chi connectivity index (χ0v) is 12.1. The van der Waals surface area contributed by atoms with E-state index in [0.717, 1.165) is 40.1 Å². The maximum atomic E-state index is 13.6. The smallest absolute Gasteiger partial charge is 0.125 e. The van der Waals surface area contributed by atoms with E-state index in [0.29, 0.717) is 0 Å². The van der Waals surface area contributed by atoms with Crippen molar-refractivity contribution in [1.29, 1.82) is 0 Å². The number of imidazole rings is 1. The third-order valence-corrected chi connectivity index (χ3v) is 3.83. The highest BCUT2D eigenvalue weighted by Gasteiger charge is 2.14. The predicted molar refractivity (Wildman–Crippen MR) is 81.1 cm³/mol. The Balaban J connectivity index is 2.36. The molecule has 0 atom stereocenters. The summed E-state index contributed by atoms with van der Waals surface area (Å²) in [5.74, 6) is 0.607. The maximum absolute atomic E-state index is 13.6. The zero-order valence-electron chi connectivity index (χ0n) is 12.1. The van der Waals surface area contributed by atoms with Crippen LogP contribution >= 0.6 is 0 Å². The molecule has 0 bridgehead atoms. The average Bonchev–Trinajstić information content (AvgIpc) is 2.85. The van der Waals surface area contributed by atoms with Crippen LogP contribution in [0.15, 0.2) is 36.4 Å². The van der Waals surface area contributed by atoms with Crippen LogP contribution in [0.3, 0.4) is 0 Å². The number of aliphatic hydroxyl groups excluding tert-OH is 1. The van der Waals surface area contributed by atoms with Crippen LogP contribution in [-0.2, 0) is 13.0 Å². The molecule has 108 valence electrons. The van der Waals surface area contributed by atoms with E-state index in [1.165, 1.54) is 12.1 Å². The highest BCUT2D eigenvalue weighted by Crippen LogP contribution is 2.26. The van der Waals surface area contributed by atoms with Crippen molar-refractivity contribution < 1.29 is 9.50 Å². The van der Waals surface area contributed by atoms with Crippen LogP contribution in [0.4, 0.5) is 4.39 Å². The highest BCUT2D eigenvalue weighted by atomic mass is 19.1. The monoisotopic (exact) mass is 284 g/mol. The molecular weight excluding hydrogens is 267 g/mol. The van der Waals surface area contributed by atoms with E-state index in [2.05, 4.69) is 4.98 Å². The Hall–Kier alpha value is -2.20. The van der Waals surface area contributed by atoms with Crippen molar-refractivity contribution in [3.8, 4) is 5.69 Å². The number of nitrogens with zero attached hydrogens (tertiary/aromatic N) is 2. The summed E-state index contributed by atoms with van der Waals surface area (Å²) in [5.41, 5.74) is 4.32. The SMILES string of the molecule is CCc1nc2ccc(F)cc2n1-c1cccc(CO)c1C. The van der Waals surface area contributed by atoms with E-state index < -0.39 is 0 Å². The number of benzene rings is 2.